The maximum atomic E-state index is 12.2. The van der Waals surface area contributed by atoms with E-state index in [1.165, 1.54) is 18.2 Å². The van der Waals surface area contributed by atoms with Crippen LogP contribution in [0, 0.1) is 0 Å². The number of benzene rings is 1. The molecule has 8 heteroatoms. The summed E-state index contributed by atoms with van der Waals surface area (Å²) in [5.41, 5.74) is 2.47. The third kappa shape index (κ3) is 6.04. The molecule has 24 heavy (non-hydrogen) atoms. The lowest BCUT2D eigenvalue weighted by atomic mass is 10.1. The van der Waals surface area contributed by atoms with E-state index in [9.17, 15) is 13.2 Å². The monoisotopic (exact) mass is 341 g/mol. The molecule has 0 atom stereocenters. The molecule has 2 aromatic rings. The van der Waals surface area contributed by atoms with Crippen molar-refractivity contribution in [1.82, 2.24) is 15.0 Å². The molecule has 0 saturated carbocycles. The van der Waals surface area contributed by atoms with Crippen molar-refractivity contribution in [2.24, 2.45) is 0 Å². The van der Waals surface area contributed by atoms with Crippen LogP contribution < -0.4 is 4.74 Å². The summed E-state index contributed by atoms with van der Waals surface area (Å²) in [6, 6.07) is 5.76. The molecule has 0 aliphatic carbocycles. The number of alkyl halides is 3. The van der Waals surface area contributed by atoms with Crippen molar-refractivity contribution >= 4 is 0 Å². The predicted octanol–water partition coefficient (Wildman–Crippen LogP) is 3.10. The van der Waals surface area contributed by atoms with Crippen LogP contribution in [0.15, 0.2) is 42.1 Å². The topological polar surface area (TPSA) is 60.2 Å². The van der Waals surface area contributed by atoms with E-state index in [1.54, 1.807) is 23.0 Å². The second-order valence-corrected chi connectivity index (χ2v) is 5.34. The van der Waals surface area contributed by atoms with Crippen molar-refractivity contribution in [3.63, 3.8) is 0 Å². The normalized spacial score (nSPS) is 12.5. The second-order valence-electron chi connectivity index (χ2n) is 5.34. The molecule has 0 unspecified atom stereocenters. The van der Waals surface area contributed by atoms with Gasteiger partial charge < -0.3 is 9.84 Å². The average Bonchev–Trinajstić information content (AvgIpc) is 2.91. The van der Waals surface area contributed by atoms with Gasteiger partial charge in [0.1, 0.15) is 5.75 Å². The second kappa shape index (κ2) is 7.96. The SMILES string of the molecule is C/C(=C\CO)CCc1cn(Cc2cccc(OC(F)(F)F)c2)nn1. The van der Waals surface area contributed by atoms with Crippen molar-refractivity contribution in [2.45, 2.75) is 32.7 Å². The van der Waals surface area contributed by atoms with E-state index in [0.717, 1.165) is 17.7 Å². The first-order chi connectivity index (χ1) is 11.4. The van der Waals surface area contributed by atoms with Crippen LogP contribution in [0.25, 0.3) is 0 Å². The smallest absolute Gasteiger partial charge is 0.406 e. The Labute approximate surface area is 137 Å². The largest absolute Gasteiger partial charge is 0.573 e. The van der Waals surface area contributed by atoms with Gasteiger partial charge >= 0.3 is 6.36 Å². The summed E-state index contributed by atoms with van der Waals surface area (Å²) in [6.45, 7) is 2.23. The molecule has 1 aromatic heterocycles. The molecule has 1 N–H and O–H groups in total. The van der Waals surface area contributed by atoms with E-state index in [2.05, 4.69) is 15.0 Å². The molecule has 5 nitrogen and oxygen atoms in total. The zero-order chi connectivity index (χ0) is 17.6. The first kappa shape index (κ1) is 18.0. The molecular weight excluding hydrogens is 323 g/mol. The number of aryl methyl sites for hydroxylation is 1. The number of nitrogens with zero attached hydrogens (tertiary/aromatic N) is 3. The minimum absolute atomic E-state index is 0.00879. The van der Waals surface area contributed by atoms with Crippen LogP contribution in [0.2, 0.25) is 0 Å². The van der Waals surface area contributed by atoms with Crippen LogP contribution in [-0.4, -0.2) is 33.1 Å². The number of aliphatic hydroxyl groups is 1. The quantitative estimate of drug-likeness (QED) is 0.786. The van der Waals surface area contributed by atoms with Crippen LogP contribution in [0.3, 0.4) is 0 Å². The Balaban J connectivity index is 1.97. The van der Waals surface area contributed by atoms with Gasteiger partial charge in [-0.2, -0.15) is 0 Å². The molecule has 2 rings (SSSR count). The lowest BCUT2D eigenvalue weighted by molar-refractivity contribution is -0.274. The molecular formula is C16H18F3N3O2. The molecule has 0 aliphatic heterocycles. The van der Waals surface area contributed by atoms with Crippen molar-refractivity contribution in [3.8, 4) is 5.75 Å². The van der Waals surface area contributed by atoms with Crippen LogP contribution >= 0.6 is 0 Å². The molecule has 0 radical (unpaired) electrons. The third-order valence-electron chi connectivity index (χ3n) is 3.28. The molecule has 130 valence electrons. The molecule has 0 bridgehead atoms. The van der Waals surface area contributed by atoms with E-state index >= 15 is 0 Å². The Morgan fingerprint density at radius 1 is 1.38 bits per heavy atom. The fraction of sp³-hybridized carbons (Fsp3) is 0.375. The third-order valence-corrected chi connectivity index (χ3v) is 3.28. The van der Waals surface area contributed by atoms with Crippen LogP contribution in [0.1, 0.15) is 24.6 Å². The first-order valence-electron chi connectivity index (χ1n) is 7.36. The van der Waals surface area contributed by atoms with Crippen LogP contribution in [0.5, 0.6) is 5.75 Å². The molecule has 0 amide bonds. The lowest BCUT2D eigenvalue weighted by Gasteiger charge is -2.09. The fourth-order valence-electron chi connectivity index (χ4n) is 2.14. The van der Waals surface area contributed by atoms with Gasteiger partial charge in [-0.1, -0.05) is 29.0 Å². The highest BCUT2D eigenvalue weighted by Crippen LogP contribution is 2.23. The van der Waals surface area contributed by atoms with Gasteiger partial charge in [0.15, 0.2) is 0 Å². The summed E-state index contributed by atoms with van der Waals surface area (Å²) in [7, 11) is 0. The summed E-state index contributed by atoms with van der Waals surface area (Å²) in [4.78, 5) is 0. The maximum Gasteiger partial charge on any atom is 0.573 e. The van der Waals surface area contributed by atoms with Gasteiger partial charge in [0.25, 0.3) is 0 Å². The minimum Gasteiger partial charge on any atom is -0.406 e. The van der Waals surface area contributed by atoms with Crippen molar-refractivity contribution in [1.29, 1.82) is 0 Å². The Morgan fingerprint density at radius 2 is 2.17 bits per heavy atom. The average molecular weight is 341 g/mol. The molecule has 0 saturated heterocycles. The van der Waals surface area contributed by atoms with E-state index in [0.29, 0.717) is 18.5 Å². The number of ether oxygens (including phenoxy) is 1. The molecule has 0 aliphatic rings. The van der Waals surface area contributed by atoms with E-state index in [4.69, 9.17) is 5.11 Å². The Bertz CT molecular complexity index is 696. The Morgan fingerprint density at radius 3 is 2.88 bits per heavy atom. The number of halogens is 3. The summed E-state index contributed by atoms with van der Waals surface area (Å²) in [5.74, 6) is -0.259. The zero-order valence-corrected chi connectivity index (χ0v) is 13.1. The summed E-state index contributed by atoms with van der Waals surface area (Å²) in [5, 5.41) is 16.8. The summed E-state index contributed by atoms with van der Waals surface area (Å²) in [6.07, 6.45) is 0.215. The van der Waals surface area contributed by atoms with Gasteiger partial charge in [-0.15, -0.1) is 18.3 Å². The first-order valence-corrected chi connectivity index (χ1v) is 7.36. The van der Waals surface area contributed by atoms with Crippen LogP contribution in [-0.2, 0) is 13.0 Å². The summed E-state index contributed by atoms with van der Waals surface area (Å²) < 4.78 is 42.2. The number of aromatic nitrogens is 3. The van der Waals surface area contributed by atoms with Crippen molar-refractivity contribution in [2.75, 3.05) is 6.61 Å². The Hall–Kier alpha value is -2.35. The number of allylic oxidation sites excluding steroid dienone is 1. The molecule has 1 heterocycles. The highest BCUT2D eigenvalue weighted by Gasteiger charge is 2.31. The standard InChI is InChI=1S/C16H18F3N3O2/c1-12(7-8-23)5-6-14-11-22(21-20-14)10-13-3-2-4-15(9-13)24-16(17,18)19/h2-4,7,9,11,23H,5-6,8,10H2,1H3/b12-7+. The number of aliphatic hydroxyl groups excluding tert-OH is 1. The van der Waals surface area contributed by atoms with Crippen LogP contribution in [0.4, 0.5) is 13.2 Å². The van der Waals surface area contributed by atoms with Gasteiger partial charge in [0.05, 0.1) is 18.8 Å². The van der Waals surface area contributed by atoms with Gasteiger partial charge in [0.2, 0.25) is 0 Å². The maximum absolute atomic E-state index is 12.2. The number of rotatable bonds is 7. The fourth-order valence-corrected chi connectivity index (χ4v) is 2.14. The molecule has 0 spiro atoms. The number of hydrogen-bond donors (Lipinski definition) is 1. The number of hydrogen-bond acceptors (Lipinski definition) is 4. The highest BCUT2D eigenvalue weighted by atomic mass is 19.4. The zero-order valence-electron chi connectivity index (χ0n) is 13.1. The van der Waals surface area contributed by atoms with Gasteiger partial charge in [-0.3, -0.25) is 0 Å². The van der Waals surface area contributed by atoms with Crippen molar-refractivity contribution in [3.05, 3.63) is 53.4 Å². The predicted molar refractivity (Wildman–Crippen MR) is 81.4 cm³/mol. The van der Waals surface area contributed by atoms with Crippen molar-refractivity contribution < 1.29 is 23.0 Å². The van der Waals surface area contributed by atoms with Gasteiger partial charge in [0, 0.05) is 6.20 Å². The van der Waals surface area contributed by atoms with Gasteiger partial charge in [-0.25, -0.2) is 4.68 Å². The minimum atomic E-state index is -4.71. The van der Waals surface area contributed by atoms with Gasteiger partial charge in [-0.05, 0) is 37.5 Å². The molecule has 0 fully saturated rings. The van der Waals surface area contributed by atoms with E-state index in [-0.39, 0.29) is 12.4 Å². The summed E-state index contributed by atoms with van der Waals surface area (Å²) >= 11 is 0. The van der Waals surface area contributed by atoms with E-state index in [1.807, 2.05) is 6.92 Å². The molecule has 1 aromatic carbocycles. The lowest BCUT2D eigenvalue weighted by Crippen LogP contribution is -2.17. The van der Waals surface area contributed by atoms with E-state index < -0.39 is 6.36 Å². The highest BCUT2D eigenvalue weighted by molar-refractivity contribution is 5.28. The Kier molecular flexibility index (Phi) is 5.97.